The number of sulfonamides is 1. The number of nitrogens with zero attached hydrogens (tertiary/aromatic N) is 4. The van der Waals surface area contributed by atoms with Crippen molar-refractivity contribution in [2.24, 2.45) is 0 Å². The first-order valence-electron chi connectivity index (χ1n) is 10.7. The summed E-state index contributed by atoms with van der Waals surface area (Å²) in [6.07, 6.45) is 5.62. The molecule has 1 aliphatic heterocycles. The van der Waals surface area contributed by atoms with Crippen LogP contribution in [0.5, 0.6) is 0 Å². The first-order chi connectivity index (χ1) is 15.9. The molecule has 1 saturated heterocycles. The van der Waals surface area contributed by atoms with Gasteiger partial charge < -0.3 is 10.2 Å². The molecule has 1 aliphatic rings. The number of benzene rings is 1. The zero-order chi connectivity index (χ0) is 23.7. The lowest BCUT2D eigenvalue weighted by Crippen LogP contribution is -2.51. The van der Waals surface area contributed by atoms with E-state index in [4.69, 9.17) is 0 Å². The van der Waals surface area contributed by atoms with Crippen LogP contribution in [-0.2, 0) is 14.8 Å². The minimum Gasteiger partial charge on any atom is -0.353 e. The molecule has 0 spiro atoms. The minimum atomic E-state index is -4.17. The standard InChI is InChI=1S/C21H29FN6O3S2/c1-32-16-7-18(26-33(30,31)19-6-3-2-5-17(19)22)20(29)23-10-11-27-12-14-28(15-13-27)21-24-8-4-9-25-21/h2-6,8-9,18,26H,7,10-16H2,1H3,(H,23,29). The van der Waals surface area contributed by atoms with E-state index in [2.05, 4.69) is 29.8 Å². The highest BCUT2D eigenvalue weighted by Gasteiger charge is 2.27. The van der Waals surface area contributed by atoms with Crippen molar-refractivity contribution < 1.29 is 17.6 Å². The van der Waals surface area contributed by atoms with Gasteiger partial charge in [-0.3, -0.25) is 9.69 Å². The van der Waals surface area contributed by atoms with E-state index in [1.54, 1.807) is 18.5 Å². The molecular weight excluding hydrogens is 467 g/mol. The van der Waals surface area contributed by atoms with Crippen LogP contribution in [0.4, 0.5) is 10.3 Å². The van der Waals surface area contributed by atoms with Crippen molar-refractivity contribution in [1.82, 2.24) is 24.9 Å². The average Bonchev–Trinajstić information content (AvgIpc) is 2.83. The van der Waals surface area contributed by atoms with Gasteiger partial charge in [0, 0.05) is 51.7 Å². The summed E-state index contributed by atoms with van der Waals surface area (Å²) in [7, 11) is -4.17. The Hall–Kier alpha value is -2.28. The molecule has 180 valence electrons. The predicted octanol–water partition coefficient (Wildman–Crippen LogP) is 0.954. The van der Waals surface area contributed by atoms with Gasteiger partial charge in [0.15, 0.2) is 0 Å². The molecule has 0 aliphatic carbocycles. The molecule has 3 rings (SSSR count). The topological polar surface area (TPSA) is 108 Å². The van der Waals surface area contributed by atoms with E-state index in [9.17, 15) is 17.6 Å². The van der Waals surface area contributed by atoms with Crippen LogP contribution in [-0.4, -0.2) is 86.5 Å². The Morgan fingerprint density at radius 2 is 1.85 bits per heavy atom. The highest BCUT2D eigenvalue weighted by Crippen LogP contribution is 2.15. The quantitative estimate of drug-likeness (QED) is 0.474. The van der Waals surface area contributed by atoms with E-state index in [1.165, 1.54) is 30.0 Å². The SMILES string of the molecule is CSCCC(NS(=O)(=O)c1ccccc1F)C(=O)NCCN1CCN(c2ncccn2)CC1. The summed E-state index contributed by atoms with van der Waals surface area (Å²) in [6.45, 7) is 4.23. The second kappa shape index (κ2) is 12.3. The van der Waals surface area contributed by atoms with Crippen LogP contribution >= 0.6 is 11.8 Å². The summed E-state index contributed by atoms with van der Waals surface area (Å²) in [4.78, 5) is 25.2. The third-order valence-electron chi connectivity index (χ3n) is 5.29. The summed E-state index contributed by atoms with van der Waals surface area (Å²) in [5.74, 6) is 0.0278. The lowest BCUT2D eigenvalue weighted by atomic mass is 10.2. The first-order valence-corrected chi connectivity index (χ1v) is 13.6. The maximum Gasteiger partial charge on any atom is 0.244 e. The number of rotatable bonds is 11. The number of aromatic nitrogens is 2. The number of carbonyl (C=O) groups is 1. The van der Waals surface area contributed by atoms with E-state index in [0.717, 1.165) is 32.2 Å². The minimum absolute atomic E-state index is 0.302. The summed E-state index contributed by atoms with van der Waals surface area (Å²) in [5, 5.41) is 2.82. The van der Waals surface area contributed by atoms with E-state index in [-0.39, 0.29) is 0 Å². The number of hydrogen-bond acceptors (Lipinski definition) is 8. The van der Waals surface area contributed by atoms with Gasteiger partial charge in [-0.25, -0.2) is 22.8 Å². The number of thioether (sulfide) groups is 1. The van der Waals surface area contributed by atoms with Crippen molar-refractivity contribution in [2.45, 2.75) is 17.4 Å². The van der Waals surface area contributed by atoms with Gasteiger partial charge >= 0.3 is 0 Å². The number of halogens is 1. The third-order valence-corrected chi connectivity index (χ3v) is 7.43. The lowest BCUT2D eigenvalue weighted by molar-refractivity contribution is -0.122. The average molecular weight is 497 g/mol. The number of piperazine rings is 1. The van der Waals surface area contributed by atoms with Crippen molar-refractivity contribution >= 4 is 33.6 Å². The maximum absolute atomic E-state index is 14.0. The van der Waals surface area contributed by atoms with Gasteiger partial charge in [-0.05, 0) is 36.6 Å². The fourth-order valence-corrected chi connectivity index (χ4v) is 5.26. The Kier molecular flexibility index (Phi) is 9.41. The molecule has 2 N–H and O–H groups in total. The highest BCUT2D eigenvalue weighted by atomic mass is 32.2. The fourth-order valence-electron chi connectivity index (χ4n) is 3.48. The zero-order valence-corrected chi connectivity index (χ0v) is 20.1. The normalized spacial score (nSPS) is 15.9. The molecule has 1 atom stereocenters. The summed E-state index contributed by atoms with van der Waals surface area (Å²) in [5.41, 5.74) is 0. The molecule has 12 heteroatoms. The molecule has 2 heterocycles. The first kappa shape index (κ1) is 25.3. The second-order valence-electron chi connectivity index (χ2n) is 7.55. The molecule has 0 saturated carbocycles. The Bertz CT molecular complexity index is 1000. The summed E-state index contributed by atoms with van der Waals surface area (Å²) >= 11 is 1.51. The van der Waals surface area contributed by atoms with Crippen LogP contribution in [0.25, 0.3) is 0 Å². The van der Waals surface area contributed by atoms with Gasteiger partial charge in [-0.1, -0.05) is 12.1 Å². The molecule has 0 bridgehead atoms. The van der Waals surface area contributed by atoms with E-state index < -0.39 is 32.7 Å². The molecule has 1 aromatic heterocycles. The van der Waals surface area contributed by atoms with Crippen LogP contribution < -0.4 is 14.9 Å². The maximum atomic E-state index is 14.0. The van der Waals surface area contributed by atoms with Crippen LogP contribution in [0.1, 0.15) is 6.42 Å². The van der Waals surface area contributed by atoms with E-state index >= 15 is 0 Å². The monoisotopic (exact) mass is 496 g/mol. The molecule has 1 aromatic carbocycles. The number of amides is 1. The molecule has 1 fully saturated rings. The van der Waals surface area contributed by atoms with Crippen molar-refractivity contribution in [2.75, 3.05) is 56.2 Å². The van der Waals surface area contributed by atoms with Crippen molar-refractivity contribution in [1.29, 1.82) is 0 Å². The summed E-state index contributed by atoms with van der Waals surface area (Å²) < 4.78 is 41.6. The van der Waals surface area contributed by atoms with Gasteiger partial charge in [0.2, 0.25) is 21.9 Å². The number of anilines is 1. The van der Waals surface area contributed by atoms with Gasteiger partial charge in [-0.15, -0.1) is 0 Å². The molecule has 1 unspecified atom stereocenters. The zero-order valence-electron chi connectivity index (χ0n) is 18.5. The van der Waals surface area contributed by atoms with Gasteiger partial charge in [0.25, 0.3) is 0 Å². The molecule has 0 radical (unpaired) electrons. The number of carbonyl (C=O) groups excluding carboxylic acids is 1. The Morgan fingerprint density at radius 1 is 1.15 bits per heavy atom. The predicted molar refractivity (Wildman–Crippen MR) is 127 cm³/mol. The molecule has 1 amide bonds. The van der Waals surface area contributed by atoms with Crippen LogP contribution in [0.15, 0.2) is 47.6 Å². The third kappa shape index (κ3) is 7.36. The van der Waals surface area contributed by atoms with Crippen molar-refractivity contribution in [3.8, 4) is 0 Å². The Balaban J connectivity index is 1.49. The summed E-state index contributed by atoms with van der Waals surface area (Å²) in [6, 6.07) is 5.92. The van der Waals surface area contributed by atoms with E-state index in [1.807, 2.05) is 6.26 Å². The van der Waals surface area contributed by atoms with Gasteiger partial charge in [0.1, 0.15) is 16.8 Å². The number of nitrogens with one attached hydrogen (secondary N) is 2. The fraction of sp³-hybridized carbons (Fsp3) is 0.476. The molecule has 2 aromatic rings. The van der Waals surface area contributed by atoms with E-state index in [0.29, 0.717) is 31.2 Å². The van der Waals surface area contributed by atoms with Gasteiger partial charge in [-0.2, -0.15) is 16.5 Å². The Morgan fingerprint density at radius 3 is 2.52 bits per heavy atom. The Labute approximate surface area is 198 Å². The molecule has 9 nitrogen and oxygen atoms in total. The highest BCUT2D eigenvalue weighted by molar-refractivity contribution is 7.98. The smallest absolute Gasteiger partial charge is 0.244 e. The molecule has 33 heavy (non-hydrogen) atoms. The largest absolute Gasteiger partial charge is 0.353 e. The van der Waals surface area contributed by atoms with Crippen molar-refractivity contribution in [3.05, 3.63) is 48.5 Å². The van der Waals surface area contributed by atoms with Crippen LogP contribution in [0, 0.1) is 5.82 Å². The van der Waals surface area contributed by atoms with Crippen molar-refractivity contribution in [3.63, 3.8) is 0 Å². The lowest BCUT2D eigenvalue weighted by Gasteiger charge is -2.34. The van der Waals surface area contributed by atoms with Crippen LogP contribution in [0.2, 0.25) is 0 Å². The van der Waals surface area contributed by atoms with Gasteiger partial charge in [0.05, 0.1) is 0 Å². The van der Waals surface area contributed by atoms with Crippen LogP contribution in [0.3, 0.4) is 0 Å². The number of hydrogen-bond donors (Lipinski definition) is 2. The second-order valence-corrected chi connectivity index (χ2v) is 10.2. The molecular formula is C21H29FN6O3S2.